The highest BCUT2D eigenvalue weighted by molar-refractivity contribution is 7.98. The van der Waals surface area contributed by atoms with Crippen LogP contribution in [0, 0.1) is 0 Å². The number of aliphatic imine (C=N–C) groups is 1. The molecule has 3 amide bonds. The molecule has 0 radical (unpaired) electrons. The summed E-state index contributed by atoms with van der Waals surface area (Å²) < 4.78 is 0. The van der Waals surface area contributed by atoms with Gasteiger partial charge in [0.1, 0.15) is 18.1 Å². The number of thioether (sulfide) groups is 1. The molecule has 0 saturated carbocycles. The number of H-pyrrole nitrogens is 1. The number of guanidine groups is 1. The largest absolute Gasteiger partial charge is 0.480 e. The van der Waals surface area contributed by atoms with E-state index in [9.17, 15) is 24.3 Å². The number of imidazole rings is 1. The summed E-state index contributed by atoms with van der Waals surface area (Å²) in [4.78, 5) is 62.2. The molecule has 1 aromatic carbocycles. The van der Waals surface area contributed by atoms with Crippen LogP contribution in [-0.4, -0.2) is 87.4 Å². The lowest BCUT2D eigenvalue weighted by molar-refractivity contribution is -0.142. The zero-order chi connectivity index (χ0) is 30.2. The van der Waals surface area contributed by atoms with Crippen molar-refractivity contribution in [1.29, 1.82) is 0 Å². The van der Waals surface area contributed by atoms with E-state index in [0.29, 0.717) is 24.3 Å². The third-order valence-corrected chi connectivity index (χ3v) is 6.70. The van der Waals surface area contributed by atoms with Crippen molar-refractivity contribution in [2.24, 2.45) is 22.2 Å². The van der Waals surface area contributed by atoms with E-state index in [1.807, 2.05) is 6.26 Å². The third-order valence-electron chi connectivity index (χ3n) is 6.06. The summed E-state index contributed by atoms with van der Waals surface area (Å²) in [5, 5.41) is 17.6. The summed E-state index contributed by atoms with van der Waals surface area (Å²) in [7, 11) is 0. The van der Waals surface area contributed by atoms with Crippen LogP contribution in [-0.2, 0) is 32.0 Å². The molecule has 0 bridgehead atoms. The molecule has 14 nitrogen and oxygen atoms in total. The Labute approximate surface area is 242 Å². The molecule has 2 aromatic rings. The van der Waals surface area contributed by atoms with Gasteiger partial charge in [0.2, 0.25) is 17.7 Å². The van der Waals surface area contributed by atoms with Crippen LogP contribution in [0.5, 0.6) is 0 Å². The van der Waals surface area contributed by atoms with Crippen molar-refractivity contribution in [3.05, 3.63) is 54.1 Å². The van der Waals surface area contributed by atoms with Crippen molar-refractivity contribution in [2.45, 2.75) is 56.3 Å². The summed E-state index contributed by atoms with van der Waals surface area (Å²) >= 11 is 1.54. The van der Waals surface area contributed by atoms with Crippen molar-refractivity contribution >= 4 is 41.4 Å². The number of nitrogens with zero attached hydrogens (tertiary/aromatic N) is 2. The smallest absolute Gasteiger partial charge is 0.326 e. The number of hydrogen-bond donors (Lipinski definition) is 8. The first-order chi connectivity index (χ1) is 19.6. The van der Waals surface area contributed by atoms with Gasteiger partial charge in [-0.15, -0.1) is 0 Å². The maximum absolute atomic E-state index is 13.4. The van der Waals surface area contributed by atoms with Crippen LogP contribution < -0.4 is 33.2 Å². The molecule has 224 valence electrons. The van der Waals surface area contributed by atoms with Crippen LogP contribution in [0.15, 0.2) is 47.8 Å². The van der Waals surface area contributed by atoms with E-state index < -0.39 is 47.9 Å². The maximum Gasteiger partial charge on any atom is 0.326 e. The Bertz CT molecular complexity index is 1140. The predicted octanol–water partition coefficient (Wildman–Crippen LogP) is -1.13. The molecule has 0 fully saturated rings. The molecule has 2 rings (SSSR count). The van der Waals surface area contributed by atoms with Crippen molar-refractivity contribution in [1.82, 2.24) is 25.9 Å². The van der Waals surface area contributed by atoms with Gasteiger partial charge in [0.05, 0.1) is 12.4 Å². The Kier molecular flexibility index (Phi) is 14.2. The first-order valence-electron chi connectivity index (χ1n) is 13.1. The highest BCUT2D eigenvalue weighted by atomic mass is 32.2. The Balaban J connectivity index is 2.21. The quantitative estimate of drug-likeness (QED) is 0.0590. The van der Waals surface area contributed by atoms with Crippen LogP contribution >= 0.6 is 11.8 Å². The summed E-state index contributed by atoms with van der Waals surface area (Å²) in [6, 6.07) is 4.56. The number of carboxylic acid groups (broad SMARTS) is 1. The second kappa shape index (κ2) is 17.6. The average Bonchev–Trinajstić information content (AvgIpc) is 3.45. The second-order valence-corrected chi connectivity index (χ2v) is 10.3. The van der Waals surface area contributed by atoms with E-state index in [2.05, 4.69) is 30.9 Å². The number of rotatable bonds is 18. The van der Waals surface area contributed by atoms with Gasteiger partial charge < -0.3 is 43.2 Å². The van der Waals surface area contributed by atoms with Gasteiger partial charge in [-0.1, -0.05) is 30.3 Å². The Morgan fingerprint density at radius 1 is 0.976 bits per heavy atom. The number of aromatic nitrogens is 2. The Hall–Kier alpha value is -4.11. The van der Waals surface area contributed by atoms with Gasteiger partial charge in [0, 0.05) is 31.3 Å². The summed E-state index contributed by atoms with van der Waals surface area (Å²) in [6.07, 6.45) is 5.78. The van der Waals surface area contributed by atoms with Gasteiger partial charge in [-0.2, -0.15) is 11.8 Å². The molecule has 11 N–H and O–H groups in total. The lowest BCUT2D eigenvalue weighted by atomic mass is 10.0. The van der Waals surface area contributed by atoms with E-state index in [1.54, 1.807) is 42.1 Å². The number of carbonyl (C=O) groups is 4. The molecular formula is C26H39N9O5S. The molecule has 1 heterocycles. The molecule has 0 aliphatic carbocycles. The van der Waals surface area contributed by atoms with Crippen LogP contribution in [0.25, 0.3) is 0 Å². The number of nitrogens with two attached hydrogens (primary N) is 3. The molecule has 4 unspecified atom stereocenters. The predicted molar refractivity (Wildman–Crippen MR) is 157 cm³/mol. The van der Waals surface area contributed by atoms with Gasteiger partial charge in [-0.3, -0.25) is 19.4 Å². The highest BCUT2D eigenvalue weighted by Gasteiger charge is 2.30. The Morgan fingerprint density at radius 2 is 1.63 bits per heavy atom. The minimum Gasteiger partial charge on any atom is -0.480 e. The van der Waals surface area contributed by atoms with Crippen LogP contribution in [0.3, 0.4) is 0 Å². The fourth-order valence-corrected chi connectivity index (χ4v) is 4.34. The number of amides is 3. The summed E-state index contributed by atoms with van der Waals surface area (Å²) in [6.45, 7) is 0.221. The first-order valence-corrected chi connectivity index (χ1v) is 14.4. The van der Waals surface area contributed by atoms with Crippen LogP contribution in [0.2, 0.25) is 0 Å². The minimum absolute atomic E-state index is 0.00282. The topological polar surface area (TPSA) is 244 Å². The average molecular weight is 590 g/mol. The lowest BCUT2D eigenvalue weighted by Gasteiger charge is -2.25. The Morgan fingerprint density at radius 3 is 2.24 bits per heavy atom. The SMILES string of the molecule is CSCCC(N)C(=O)NC(CCCN=C(N)N)C(=O)NC(Cc1cnc[nH]1)C(=O)NC(Cc1ccccc1)C(=O)O. The number of aliphatic carboxylic acids is 1. The van der Waals surface area contributed by atoms with E-state index in [1.165, 1.54) is 12.5 Å². The van der Waals surface area contributed by atoms with E-state index in [0.717, 1.165) is 5.56 Å². The summed E-state index contributed by atoms with van der Waals surface area (Å²) in [5.74, 6) is -2.53. The van der Waals surface area contributed by atoms with Gasteiger partial charge in [-0.25, -0.2) is 9.78 Å². The van der Waals surface area contributed by atoms with Crippen molar-refractivity contribution in [2.75, 3.05) is 18.6 Å². The van der Waals surface area contributed by atoms with Crippen molar-refractivity contribution in [3.8, 4) is 0 Å². The van der Waals surface area contributed by atoms with E-state index in [-0.39, 0.29) is 31.8 Å². The third kappa shape index (κ3) is 12.3. The zero-order valence-electron chi connectivity index (χ0n) is 22.9. The summed E-state index contributed by atoms with van der Waals surface area (Å²) in [5.41, 5.74) is 18.0. The normalized spacial score (nSPS) is 13.7. The van der Waals surface area contributed by atoms with E-state index in [4.69, 9.17) is 17.2 Å². The van der Waals surface area contributed by atoms with Crippen LogP contribution in [0.1, 0.15) is 30.5 Å². The molecule has 0 spiro atoms. The molecule has 15 heteroatoms. The zero-order valence-corrected chi connectivity index (χ0v) is 23.7. The molecule has 0 aliphatic heterocycles. The number of benzene rings is 1. The number of hydrogen-bond acceptors (Lipinski definition) is 8. The molecular weight excluding hydrogens is 550 g/mol. The van der Waals surface area contributed by atoms with Gasteiger partial charge in [0.15, 0.2) is 5.96 Å². The molecule has 41 heavy (non-hydrogen) atoms. The van der Waals surface area contributed by atoms with E-state index >= 15 is 0 Å². The van der Waals surface area contributed by atoms with Crippen molar-refractivity contribution in [3.63, 3.8) is 0 Å². The minimum atomic E-state index is -1.24. The van der Waals surface area contributed by atoms with Gasteiger partial charge >= 0.3 is 5.97 Å². The first kappa shape index (κ1) is 33.1. The number of nitrogens with one attached hydrogen (secondary N) is 4. The number of aromatic amines is 1. The monoisotopic (exact) mass is 589 g/mol. The lowest BCUT2D eigenvalue weighted by Crippen LogP contribution is -2.58. The second-order valence-electron chi connectivity index (χ2n) is 9.33. The standard InChI is InChI=1S/C26H39N9O5S/c1-41-11-9-18(27)22(36)33-19(8-5-10-31-26(28)29)23(37)34-20(13-17-14-30-15-32-17)24(38)35-21(25(39)40)12-16-6-3-2-4-7-16/h2-4,6-7,14-15,18-21H,5,8-13,27H2,1H3,(H,30,32)(H,33,36)(H,34,37)(H,35,38)(H,39,40)(H4,28,29,31). The van der Waals surface area contributed by atoms with Gasteiger partial charge in [0.25, 0.3) is 0 Å². The number of carbonyl (C=O) groups excluding carboxylic acids is 3. The molecule has 0 saturated heterocycles. The maximum atomic E-state index is 13.4. The number of carboxylic acids is 1. The highest BCUT2D eigenvalue weighted by Crippen LogP contribution is 2.08. The molecule has 1 aromatic heterocycles. The fraction of sp³-hybridized carbons (Fsp3) is 0.462. The molecule has 4 atom stereocenters. The van der Waals surface area contributed by atoms with Crippen LogP contribution in [0.4, 0.5) is 0 Å². The fourth-order valence-electron chi connectivity index (χ4n) is 3.85. The van der Waals surface area contributed by atoms with Gasteiger partial charge in [-0.05, 0) is 36.8 Å². The molecule has 0 aliphatic rings. The van der Waals surface area contributed by atoms with Crippen molar-refractivity contribution < 1.29 is 24.3 Å².